The Hall–Kier alpha value is -1.81. The van der Waals surface area contributed by atoms with Gasteiger partial charge in [-0.05, 0) is 9.90 Å². The van der Waals surface area contributed by atoms with Gasteiger partial charge in [-0.15, -0.1) is 0 Å². The van der Waals surface area contributed by atoms with Crippen molar-refractivity contribution in [3.05, 3.63) is 27.3 Å². The van der Waals surface area contributed by atoms with Crippen LogP contribution in [-0.2, 0) is 4.79 Å². The molecule has 1 radical (unpaired) electrons. The fraction of sp³-hybridized carbons (Fsp3) is 0.0833. The Balaban J connectivity index is 2.09. The van der Waals surface area contributed by atoms with Gasteiger partial charge in [-0.2, -0.15) is 4.98 Å². The highest BCUT2D eigenvalue weighted by molar-refractivity contribution is 6.33. The zero-order chi connectivity index (χ0) is 15.0. The molecule has 0 saturated carbocycles. The maximum atomic E-state index is 10.9. The van der Waals surface area contributed by atoms with Crippen LogP contribution in [0.25, 0.3) is 22.4 Å². The number of ether oxygens (including phenoxy) is 1. The number of fused-ring (bicyclic) bond motifs is 1. The lowest BCUT2D eigenvalue weighted by atomic mass is 10.2. The van der Waals surface area contributed by atoms with Crippen molar-refractivity contribution in [3.8, 4) is 17.3 Å². The highest BCUT2D eigenvalue weighted by atomic mass is 127. The Labute approximate surface area is 137 Å². The smallest absolute Gasteiger partial charge is 0.310 e. The second-order valence-electron chi connectivity index (χ2n) is 4.07. The van der Waals surface area contributed by atoms with Gasteiger partial charge in [0.1, 0.15) is 0 Å². The van der Waals surface area contributed by atoms with Crippen LogP contribution in [0.5, 0.6) is 6.01 Å². The molecule has 7 nitrogen and oxygen atoms in total. The number of H-pyrrole nitrogens is 1. The Morgan fingerprint density at radius 2 is 2.05 bits per heavy atom. The largest absolute Gasteiger partial charge is 0.714 e. The summed E-state index contributed by atoms with van der Waals surface area (Å²) in [4.78, 5) is 30.4. The molecule has 3 aromatic heterocycles. The van der Waals surface area contributed by atoms with E-state index in [1.165, 1.54) is 6.92 Å². The summed E-state index contributed by atoms with van der Waals surface area (Å²) < 4.78 is 5.52. The Morgan fingerprint density at radius 1 is 1.33 bits per heavy atom. The topological polar surface area (TPSA) is 93.7 Å². The van der Waals surface area contributed by atoms with E-state index in [0.717, 1.165) is 0 Å². The molecule has 0 spiro atoms. The summed E-state index contributed by atoms with van der Waals surface area (Å²) in [5.74, 6) is -0.466. The van der Waals surface area contributed by atoms with Gasteiger partial charge < -0.3 is 32.3 Å². The second-order valence-corrected chi connectivity index (χ2v) is 5.44. The van der Waals surface area contributed by atoms with Gasteiger partial charge in [-0.1, -0.05) is 11.6 Å². The van der Waals surface area contributed by atoms with Gasteiger partial charge in [0.2, 0.25) is 0 Å². The highest BCUT2D eigenvalue weighted by Crippen LogP contribution is 2.28. The first-order valence-corrected chi connectivity index (χ1v) is 7.21. The molecule has 21 heavy (non-hydrogen) atoms. The lowest BCUT2D eigenvalue weighted by Gasteiger charge is -2.05. The third kappa shape index (κ3) is 2.95. The fourth-order valence-corrected chi connectivity index (χ4v) is 2.26. The summed E-state index contributed by atoms with van der Waals surface area (Å²) in [7, 11) is 0. The normalized spacial score (nSPS) is 10.8. The number of hydrogen-bond donors (Lipinski definition) is 1. The zero-order valence-corrected chi connectivity index (χ0v) is 13.5. The molecule has 0 unspecified atom stereocenters. The monoisotopic (exact) mass is 415 g/mol. The number of carbonyl (C=O) groups is 1. The van der Waals surface area contributed by atoms with Crippen molar-refractivity contribution in [2.45, 2.75) is 6.92 Å². The third-order valence-corrected chi connectivity index (χ3v) is 3.38. The molecule has 0 aliphatic rings. The van der Waals surface area contributed by atoms with Gasteiger partial charge in [0.05, 0.1) is 16.2 Å². The van der Waals surface area contributed by atoms with Crippen molar-refractivity contribution in [2.75, 3.05) is 0 Å². The van der Waals surface area contributed by atoms with Gasteiger partial charge in [0, 0.05) is 24.9 Å². The molecule has 3 rings (SSSR count). The summed E-state index contributed by atoms with van der Waals surface area (Å²) in [6, 6.07) is 1.74. The van der Waals surface area contributed by atoms with Crippen LogP contribution in [-0.4, -0.2) is 30.9 Å². The summed E-state index contributed by atoms with van der Waals surface area (Å²) in [5.41, 5.74) is 2.16. The Morgan fingerprint density at radius 3 is 2.71 bits per heavy atom. The first-order valence-electron chi connectivity index (χ1n) is 5.75. The predicted molar refractivity (Wildman–Crippen MR) is 69.9 cm³/mol. The van der Waals surface area contributed by atoms with Gasteiger partial charge in [-0.3, -0.25) is 14.8 Å². The first kappa shape index (κ1) is 14.1. The van der Waals surface area contributed by atoms with Crippen LogP contribution in [0.2, 0.25) is 5.02 Å². The van der Waals surface area contributed by atoms with E-state index in [4.69, 9.17) is 16.3 Å². The maximum Gasteiger partial charge on any atom is 0.310 e. The number of carbonyl (C=O) groups excluding carboxylic acids is 1. The van der Waals surface area contributed by atoms with Crippen molar-refractivity contribution >= 4 is 28.7 Å². The molecule has 1 N–H and O–H groups in total. The molecule has 9 heteroatoms. The average Bonchev–Trinajstić information content (AvgIpc) is 2.79. The fourth-order valence-electron chi connectivity index (χ4n) is 1.72. The minimum atomic E-state index is -0.466. The van der Waals surface area contributed by atoms with E-state index in [0.29, 0.717) is 31.3 Å². The number of aromatic amines is 1. The molecular formula is C12H7ClIN5O2-. The molecule has 0 saturated heterocycles. The van der Waals surface area contributed by atoms with Gasteiger partial charge in [0.15, 0.2) is 5.65 Å². The van der Waals surface area contributed by atoms with Crippen LogP contribution < -0.4 is 27.3 Å². The van der Waals surface area contributed by atoms with Crippen LogP contribution in [0.15, 0.2) is 18.5 Å². The summed E-state index contributed by atoms with van der Waals surface area (Å²) in [5, 5.41) is 0.422. The van der Waals surface area contributed by atoms with Crippen LogP contribution >= 0.6 is 11.6 Å². The van der Waals surface area contributed by atoms with Crippen molar-refractivity contribution < 1.29 is 32.1 Å². The average molecular weight is 416 g/mol. The van der Waals surface area contributed by atoms with E-state index in [-0.39, 0.29) is 6.01 Å². The first-order chi connectivity index (χ1) is 10.0. The van der Waals surface area contributed by atoms with Crippen LogP contribution in [0.3, 0.4) is 0 Å². The lowest BCUT2D eigenvalue weighted by Crippen LogP contribution is -3.34. The molecule has 0 atom stereocenters. The van der Waals surface area contributed by atoms with Crippen molar-refractivity contribution in [1.82, 2.24) is 24.9 Å². The number of aromatic nitrogens is 5. The molecule has 3 heterocycles. The molecule has 3 aromatic rings. The van der Waals surface area contributed by atoms with E-state index < -0.39 is 5.97 Å². The number of pyridine rings is 1. The van der Waals surface area contributed by atoms with E-state index in [1.54, 1.807) is 18.5 Å². The molecule has 0 amide bonds. The van der Waals surface area contributed by atoms with E-state index in [1.807, 2.05) is 22.6 Å². The molecule has 0 aliphatic heterocycles. The summed E-state index contributed by atoms with van der Waals surface area (Å²) in [6.07, 6.45) is 3.27. The van der Waals surface area contributed by atoms with E-state index in [9.17, 15) is 4.79 Å². The second kappa shape index (κ2) is 5.53. The van der Waals surface area contributed by atoms with Crippen LogP contribution in [0, 0.1) is 3.83 Å². The molecule has 0 aromatic carbocycles. The minimum absolute atomic E-state index is 0.0806. The minimum Gasteiger partial charge on any atom is -0.714 e. The number of imidazole rings is 1. The summed E-state index contributed by atoms with van der Waals surface area (Å²) >= 11 is 8.23. The number of hydrogen-bond acceptors (Lipinski definition) is 6. The third-order valence-electron chi connectivity index (χ3n) is 2.54. The number of nitrogens with one attached hydrogen (secondary N) is 1. The predicted octanol–water partition coefficient (Wildman–Crippen LogP) is -1.28. The highest BCUT2D eigenvalue weighted by Gasteiger charge is 2.13. The lowest BCUT2D eigenvalue weighted by molar-refractivity contribution is -0.346. The Bertz CT molecular complexity index is 834. The number of rotatable bonds is 2. The van der Waals surface area contributed by atoms with Crippen LogP contribution in [0.4, 0.5) is 0 Å². The van der Waals surface area contributed by atoms with Crippen molar-refractivity contribution in [1.29, 1.82) is 0 Å². The molecule has 0 aliphatic carbocycles. The van der Waals surface area contributed by atoms with Crippen molar-refractivity contribution in [3.63, 3.8) is 0 Å². The van der Waals surface area contributed by atoms with Gasteiger partial charge in [0.25, 0.3) is 0 Å². The molecule has 0 fully saturated rings. The van der Waals surface area contributed by atoms with Gasteiger partial charge >= 0.3 is 12.0 Å². The van der Waals surface area contributed by atoms with Gasteiger partial charge in [-0.25, -0.2) is 4.98 Å². The Kier molecular flexibility index (Phi) is 3.72. The maximum absolute atomic E-state index is 10.9. The molecule has 0 bridgehead atoms. The van der Waals surface area contributed by atoms with Crippen LogP contribution in [0.1, 0.15) is 6.92 Å². The zero-order valence-electron chi connectivity index (χ0n) is 10.6. The molecule has 107 valence electrons. The van der Waals surface area contributed by atoms with E-state index >= 15 is 0 Å². The SMILES string of the molecule is CC(=O)Oc1nc2nc(-c3cnc([I-])nc3)c(Cl)cc2[nH]1. The summed E-state index contributed by atoms with van der Waals surface area (Å²) in [6.45, 7) is 1.29. The molecular weight excluding hydrogens is 409 g/mol. The quantitative estimate of drug-likeness (QED) is 0.318. The standard InChI is InChI=1S/C12H7ClIN5O2/c1-5(20)21-12-17-8-2-7(13)9(18-10(8)19-12)6-3-15-11(14)16-4-6/h2-4H,1H3,(H,17,18,19)/q-1. The number of esters is 1. The van der Waals surface area contributed by atoms with Crippen molar-refractivity contribution in [2.24, 2.45) is 0 Å². The number of halogens is 2. The number of nitrogens with zero attached hydrogens (tertiary/aromatic N) is 4. The van der Waals surface area contributed by atoms with E-state index in [2.05, 4.69) is 24.9 Å².